The molecule has 0 radical (unpaired) electrons. The van der Waals surface area contributed by atoms with E-state index >= 15 is 0 Å². The minimum Gasteiger partial charge on any atom is -0.382 e. The number of nitrogens with zero attached hydrogens (tertiary/aromatic N) is 1. The third-order valence-corrected chi connectivity index (χ3v) is 3.21. The van der Waals surface area contributed by atoms with Crippen LogP contribution in [0, 0.1) is 17.0 Å². The molecule has 0 aromatic heterocycles. The first-order valence-corrected chi connectivity index (χ1v) is 6.27. The Bertz CT molecular complexity index is 428. The van der Waals surface area contributed by atoms with Gasteiger partial charge in [-0.25, -0.2) is 0 Å². The van der Waals surface area contributed by atoms with Crippen molar-refractivity contribution in [2.24, 2.45) is 0 Å². The minimum absolute atomic E-state index is 0.157. The Morgan fingerprint density at radius 1 is 1.50 bits per heavy atom. The van der Waals surface area contributed by atoms with Crippen LogP contribution >= 0.6 is 0 Å². The molecule has 98 valence electrons. The van der Waals surface area contributed by atoms with Gasteiger partial charge in [0.1, 0.15) is 0 Å². The average molecular weight is 250 g/mol. The lowest BCUT2D eigenvalue weighted by Gasteiger charge is -2.23. The SMILES string of the molecule is Cc1ccc(NCC2CCCCO2)cc1[N+](=O)[O-]. The van der Waals surface area contributed by atoms with Gasteiger partial charge in [-0.05, 0) is 32.3 Å². The Hall–Kier alpha value is -1.62. The number of nitro groups is 1. The standard InChI is InChI=1S/C13H18N2O3/c1-10-5-6-11(8-13(10)15(16)17)14-9-12-4-2-3-7-18-12/h5-6,8,12,14H,2-4,7,9H2,1H3. The van der Waals surface area contributed by atoms with Gasteiger partial charge in [0.15, 0.2) is 0 Å². The van der Waals surface area contributed by atoms with Crippen LogP contribution in [0.25, 0.3) is 0 Å². The van der Waals surface area contributed by atoms with Crippen molar-refractivity contribution < 1.29 is 9.66 Å². The highest BCUT2D eigenvalue weighted by Gasteiger charge is 2.15. The maximum atomic E-state index is 10.8. The summed E-state index contributed by atoms with van der Waals surface area (Å²) in [6.45, 7) is 3.27. The minimum atomic E-state index is -0.350. The van der Waals surface area contributed by atoms with Crippen molar-refractivity contribution in [3.63, 3.8) is 0 Å². The largest absolute Gasteiger partial charge is 0.382 e. The molecule has 1 atom stereocenters. The van der Waals surface area contributed by atoms with E-state index in [1.54, 1.807) is 19.1 Å². The van der Waals surface area contributed by atoms with Crippen LogP contribution < -0.4 is 5.32 Å². The molecule has 5 nitrogen and oxygen atoms in total. The van der Waals surface area contributed by atoms with Crippen LogP contribution in [0.4, 0.5) is 11.4 Å². The van der Waals surface area contributed by atoms with Crippen LogP contribution in [0.5, 0.6) is 0 Å². The highest BCUT2D eigenvalue weighted by molar-refractivity contribution is 5.54. The molecule has 1 aliphatic rings. The molecule has 1 unspecified atom stereocenters. The predicted molar refractivity (Wildman–Crippen MR) is 69.9 cm³/mol. The van der Waals surface area contributed by atoms with Gasteiger partial charge in [-0.1, -0.05) is 6.07 Å². The van der Waals surface area contributed by atoms with Crippen molar-refractivity contribution in [3.8, 4) is 0 Å². The molecule has 1 saturated heterocycles. The van der Waals surface area contributed by atoms with E-state index in [4.69, 9.17) is 4.74 Å². The molecule has 1 fully saturated rings. The highest BCUT2D eigenvalue weighted by Crippen LogP contribution is 2.22. The van der Waals surface area contributed by atoms with Crippen LogP contribution in [0.15, 0.2) is 18.2 Å². The van der Waals surface area contributed by atoms with Gasteiger partial charge in [0, 0.05) is 30.5 Å². The molecule has 0 aliphatic carbocycles. The lowest BCUT2D eigenvalue weighted by Crippen LogP contribution is -2.26. The summed E-state index contributed by atoms with van der Waals surface area (Å²) in [5.41, 5.74) is 1.62. The van der Waals surface area contributed by atoms with E-state index in [-0.39, 0.29) is 16.7 Å². The number of benzene rings is 1. The Labute approximate surface area is 106 Å². The first-order chi connectivity index (χ1) is 8.66. The lowest BCUT2D eigenvalue weighted by atomic mass is 10.1. The summed E-state index contributed by atoms with van der Waals surface area (Å²) in [5, 5.41) is 14.0. The van der Waals surface area contributed by atoms with Crippen molar-refractivity contribution >= 4 is 11.4 Å². The van der Waals surface area contributed by atoms with Gasteiger partial charge in [0.25, 0.3) is 5.69 Å². The molecule has 1 aromatic carbocycles. The first kappa shape index (κ1) is 12.8. The van der Waals surface area contributed by atoms with Gasteiger partial charge < -0.3 is 10.1 Å². The van der Waals surface area contributed by atoms with Crippen molar-refractivity contribution in [2.75, 3.05) is 18.5 Å². The van der Waals surface area contributed by atoms with E-state index in [0.717, 1.165) is 25.1 Å². The van der Waals surface area contributed by atoms with Crippen molar-refractivity contribution in [1.82, 2.24) is 0 Å². The number of aryl methyl sites for hydroxylation is 1. The second-order valence-corrected chi connectivity index (χ2v) is 4.63. The highest BCUT2D eigenvalue weighted by atomic mass is 16.6. The summed E-state index contributed by atoms with van der Waals surface area (Å²) in [6.07, 6.45) is 3.60. The van der Waals surface area contributed by atoms with Crippen molar-refractivity contribution in [2.45, 2.75) is 32.3 Å². The molecule has 1 N–H and O–H groups in total. The van der Waals surface area contributed by atoms with Gasteiger partial charge in [-0.2, -0.15) is 0 Å². The first-order valence-electron chi connectivity index (χ1n) is 6.27. The van der Waals surface area contributed by atoms with E-state index in [1.807, 2.05) is 6.07 Å². The average Bonchev–Trinajstić information content (AvgIpc) is 2.38. The summed E-state index contributed by atoms with van der Waals surface area (Å²) in [4.78, 5) is 10.5. The third-order valence-electron chi connectivity index (χ3n) is 3.21. The van der Waals surface area contributed by atoms with E-state index in [1.165, 1.54) is 6.42 Å². The Kier molecular flexibility index (Phi) is 4.15. The van der Waals surface area contributed by atoms with Gasteiger partial charge in [-0.15, -0.1) is 0 Å². The van der Waals surface area contributed by atoms with Gasteiger partial charge in [0.05, 0.1) is 11.0 Å². The molecular formula is C13H18N2O3. The van der Waals surface area contributed by atoms with Gasteiger partial charge in [-0.3, -0.25) is 10.1 Å². The molecule has 1 heterocycles. The third kappa shape index (κ3) is 3.20. The van der Waals surface area contributed by atoms with Gasteiger partial charge >= 0.3 is 0 Å². The fourth-order valence-corrected chi connectivity index (χ4v) is 2.12. The second kappa shape index (κ2) is 5.82. The maximum absolute atomic E-state index is 10.8. The second-order valence-electron chi connectivity index (χ2n) is 4.63. The quantitative estimate of drug-likeness (QED) is 0.659. The number of nitro benzene ring substituents is 1. The molecule has 0 saturated carbocycles. The van der Waals surface area contributed by atoms with Crippen LogP contribution in [-0.2, 0) is 4.74 Å². The lowest BCUT2D eigenvalue weighted by molar-refractivity contribution is -0.385. The zero-order chi connectivity index (χ0) is 13.0. The number of hydrogen-bond acceptors (Lipinski definition) is 4. The van der Waals surface area contributed by atoms with E-state index in [9.17, 15) is 10.1 Å². The topological polar surface area (TPSA) is 64.4 Å². The molecule has 18 heavy (non-hydrogen) atoms. The van der Waals surface area contributed by atoms with E-state index < -0.39 is 0 Å². The fraction of sp³-hybridized carbons (Fsp3) is 0.538. The Balaban J connectivity index is 1.96. The number of rotatable bonds is 4. The Morgan fingerprint density at radius 2 is 2.33 bits per heavy atom. The summed E-state index contributed by atoms with van der Waals surface area (Å²) in [6, 6.07) is 5.21. The zero-order valence-corrected chi connectivity index (χ0v) is 10.5. The van der Waals surface area contributed by atoms with Crippen LogP contribution in [0.1, 0.15) is 24.8 Å². The maximum Gasteiger partial charge on any atom is 0.274 e. The summed E-state index contributed by atoms with van der Waals surface area (Å²) < 4.78 is 5.60. The molecule has 5 heteroatoms. The normalized spacial score (nSPS) is 19.5. The molecule has 1 aromatic rings. The van der Waals surface area contributed by atoms with Gasteiger partial charge in [0.2, 0.25) is 0 Å². The predicted octanol–water partition coefficient (Wildman–Crippen LogP) is 2.88. The van der Waals surface area contributed by atoms with E-state index in [2.05, 4.69) is 5.32 Å². The monoisotopic (exact) mass is 250 g/mol. The summed E-state index contributed by atoms with van der Waals surface area (Å²) in [7, 11) is 0. The summed E-state index contributed by atoms with van der Waals surface area (Å²) in [5.74, 6) is 0. The van der Waals surface area contributed by atoms with E-state index in [0.29, 0.717) is 12.1 Å². The number of ether oxygens (including phenoxy) is 1. The number of nitrogens with one attached hydrogen (secondary N) is 1. The molecule has 0 spiro atoms. The molecule has 2 rings (SSSR count). The number of anilines is 1. The fourth-order valence-electron chi connectivity index (χ4n) is 2.12. The van der Waals surface area contributed by atoms with Crippen molar-refractivity contribution in [1.29, 1.82) is 0 Å². The van der Waals surface area contributed by atoms with Crippen molar-refractivity contribution in [3.05, 3.63) is 33.9 Å². The van der Waals surface area contributed by atoms with Crippen LogP contribution in [-0.4, -0.2) is 24.2 Å². The number of hydrogen-bond donors (Lipinski definition) is 1. The summed E-state index contributed by atoms with van der Waals surface area (Å²) >= 11 is 0. The molecule has 0 bridgehead atoms. The zero-order valence-electron chi connectivity index (χ0n) is 10.5. The molecule has 0 amide bonds. The molecular weight excluding hydrogens is 232 g/mol. The van der Waals surface area contributed by atoms with Crippen LogP contribution in [0.2, 0.25) is 0 Å². The smallest absolute Gasteiger partial charge is 0.274 e. The van der Waals surface area contributed by atoms with Crippen LogP contribution in [0.3, 0.4) is 0 Å². The molecule has 1 aliphatic heterocycles. The Morgan fingerprint density at radius 3 is 3.00 bits per heavy atom.